The molecule has 0 spiro atoms. The summed E-state index contributed by atoms with van der Waals surface area (Å²) in [7, 11) is -3.04. The van der Waals surface area contributed by atoms with Gasteiger partial charge in [0.2, 0.25) is 0 Å². The van der Waals surface area contributed by atoms with E-state index in [2.05, 4.69) is 20.8 Å². The summed E-state index contributed by atoms with van der Waals surface area (Å²) in [5.74, 6) is 2.09. The summed E-state index contributed by atoms with van der Waals surface area (Å²) in [5, 5.41) is 0. The van der Waals surface area contributed by atoms with Crippen molar-refractivity contribution in [3.8, 4) is 0 Å². The van der Waals surface area contributed by atoms with Crippen LogP contribution < -0.4 is 0 Å². The lowest BCUT2D eigenvalue weighted by atomic mass is 10.2. The molecule has 1 rings (SSSR count). The topological polar surface area (TPSA) is 59.0 Å². The summed E-state index contributed by atoms with van der Waals surface area (Å²) in [6.45, 7) is 12.9. The van der Waals surface area contributed by atoms with Gasteiger partial charge in [0.05, 0.1) is 18.8 Å². The first-order valence-electron chi connectivity index (χ1n) is 10.2. The second-order valence-corrected chi connectivity index (χ2v) is 12.9. The van der Waals surface area contributed by atoms with Crippen molar-refractivity contribution in [2.75, 3.05) is 30.3 Å². The number of ether oxygens (including phenoxy) is 1. The molecule has 0 aromatic rings. The number of likely N-dealkylation sites (tertiary alicyclic amines) is 1. The van der Waals surface area contributed by atoms with Crippen molar-refractivity contribution in [3.05, 3.63) is 0 Å². The Morgan fingerprint density at radius 1 is 1.00 bits per heavy atom. The van der Waals surface area contributed by atoms with E-state index in [1.165, 1.54) is 0 Å². The predicted molar refractivity (Wildman–Crippen MR) is 113 cm³/mol. The summed E-state index contributed by atoms with van der Waals surface area (Å²) in [6, 6.07) is 0. The molecule has 0 bridgehead atoms. The summed E-state index contributed by atoms with van der Waals surface area (Å²) >= 11 is 0. The highest BCUT2D eigenvalue weighted by atomic mass is 32.3. The van der Waals surface area contributed by atoms with Gasteiger partial charge in [0.25, 0.3) is 0 Å². The van der Waals surface area contributed by atoms with Crippen molar-refractivity contribution >= 4 is 21.1 Å². The van der Waals surface area contributed by atoms with Crippen LogP contribution in [0.1, 0.15) is 80.1 Å². The Kier molecular flexibility index (Phi) is 8.31. The number of hydrogen-bond acceptors (Lipinski definition) is 3. The number of rotatable bonds is 10. The molecular weight excluding hydrogens is 348 g/mol. The Balaban J connectivity index is 2.93. The van der Waals surface area contributed by atoms with Crippen molar-refractivity contribution in [1.29, 1.82) is 0 Å². The van der Waals surface area contributed by atoms with Gasteiger partial charge in [-0.3, -0.25) is 9.11 Å². The third kappa shape index (κ3) is 7.01. The zero-order valence-electron chi connectivity index (χ0n) is 17.8. The molecule has 0 aromatic heterocycles. The number of amides is 1. The van der Waals surface area contributed by atoms with E-state index in [9.17, 15) is 9.00 Å². The average Bonchev–Trinajstić information content (AvgIpc) is 2.51. The van der Waals surface area contributed by atoms with Gasteiger partial charge in [-0.15, -0.1) is 0 Å². The zero-order chi connectivity index (χ0) is 19.9. The van der Waals surface area contributed by atoms with Crippen LogP contribution >= 0.6 is 0 Å². The van der Waals surface area contributed by atoms with Gasteiger partial charge in [-0.2, -0.15) is 0 Å². The van der Waals surface area contributed by atoms with Crippen molar-refractivity contribution in [1.82, 2.24) is 4.90 Å². The minimum Gasteiger partial charge on any atom is -0.444 e. The molecule has 1 aliphatic rings. The molecule has 26 heavy (non-hydrogen) atoms. The Bertz CT molecular complexity index is 525. The van der Waals surface area contributed by atoms with E-state index in [0.29, 0.717) is 30.3 Å². The first-order chi connectivity index (χ1) is 12.0. The number of carbonyl (C=O) groups is 1. The second kappa shape index (κ2) is 9.34. The monoisotopic (exact) mass is 388 g/mol. The van der Waals surface area contributed by atoms with E-state index in [1.54, 1.807) is 4.90 Å². The van der Waals surface area contributed by atoms with E-state index >= 15 is 0 Å². The van der Waals surface area contributed by atoms with Crippen LogP contribution in [-0.2, 0) is 14.0 Å². The normalized spacial score (nSPS) is 16.6. The maximum Gasteiger partial charge on any atom is 0.410 e. The van der Waals surface area contributed by atoms with Crippen molar-refractivity contribution < 1.29 is 13.7 Å². The molecular formula is C20H40N2O3S. The van der Waals surface area contributed by atoms with Crippen LogP contribution in [-0.4, -0.2) is 56.9 Å². The fraction of sp³-hybridized carbons (Fsp3) is 0.900. The lowest BCUT2D eigenvalue weighted by Gasteiger charge is -2.43. The SMILES string of the molecule is CCCCS(=O)(CCCC)(CCCC)N=C1CN(C(=O)OC(C)(C)C)C1. The maximum atomic E-state index is 14.2. The quantitative estimate of drug-likeness (QED) is 0.539. The predicted octanol–water partition coefficient (Wildman–Crippen LogP) is 4.81. The molecule has 154 valence electrons. The first kappa shape index (κ1) is 23.1. The van der Waals surface area contributed by atoms with E-state index in [4.69, 9.17) is 9.13 Å². The van der Waals surface area contributed by atoms with Crippen molar-refractivity contribution in [2.45, 2.75) is 85.7 Å². The van der Waals surface area contributed by atoms with Gasteiger partial charge in [0.15, 0.2) is 0 Å². The number of hydrogen-bond donors (Lipinski definition) is 0. The van der Waals surface area contributed by atoms with E-state index in [0.717, 1.165) is 44.2 Å². The molecule has 6 heteroatoms. The lowest BCUT2D eigenvalue weighted by Crippen LogP contribution is -2.54. The number of nitrogens with zero attached hydrogens (tertiary/aromatic N) is 2. The standard InChI is InChI=1S/C20H40N2O3S/c1-7-10-13-26(24,14-11-8-2,15-12-9-3)21-18-16-22(17-18)19(23)25-20(4,5)6/h7-17H2,1-6H3. The highest BCUT2D eigenvalue weighted by molar-refractivity contribution is 8.18. The Hall–Kier alpha value is -0.910. The third-order valence-corrected chi connectivity index (χ3v) is 9.01. The summed E-state index contributed by atoms with van der Waals surface area (Å²) in [4.78, 5) is 13.8. The van der Waals surface area contributed by atoms with Gasteiger partial charge in [0, 0.05) is 17.3 Å². The third-order valence-electron chi connectivity index (χ3n) is 4.64. The molecule has 0 aromatic carbocycles. The van der Waals surface area contributed by atoms with E-state index < -0.39 is 14.9 Å². The van der Waals surface area contributed by atoms with Crippen LogP contribution in [0.2, 0.25) is 0 Å². The van der Waals surface area contributed by atoms with Gasteiger partial charge in [-0.1, -0.05) is 40.0 Å². The highest BCUT2D eigenvalue weighted by Crippen LogP contribution is 2.34. The fourth-order valence-corrected chi connectivity index (χ4v) is 7.58. The molecule has 1 saturated heterocycles. The van der Waals surface area contributed by atoms with Gasteiger partial charge in [0.1, 0.15) is 5.60 Å². The van der Waals surface area contributed by atoms with Gasteiger partial charge in [-0.25, -0.2) is 9.19 Å². The van der Waals surface area contributed by atoms with Crippen LogP contribution in [0.25, 0.3) is 0 Å². The Labute approximate surface area is 160 Å². The molecule has 1 fully saturated rings. The highest BCUT2D eigenvalue weighted by Gasteiger charge is 2.38. The average molecular weight is 389 g/mol. The number of carbonyl (C=O) groups excluding carboxylic acids is 1. The van der Waals surface area contributed by atoms with Gasteiger partial charge < -0.3 is 4.74 Å². The molecule has 0 saturated carbocycles. The molecule has 0 unspecified atom stereocenters. The molecule has 5 nitrogen and oxygen atoms in total. The van der Waals surface area contributed by atoms with Gasteiger partial charge >= 0.3 is 6.09 Å². The summed E-state index contributed by atoms with van der Waals surface area (Å²) in [5.41, 5.74) is 0.403. The molecule has 0 aliphatic carbocycles. The van der Waals surface area contributed by atoms with Crippen molar-refractivity contribution in [2.24, 2.45) is 4.40 Å². The Morgan fingerprint density at radius 2 is 1.42 bits per heavy atom. The Morgan fingerprint density at radius 3 is 1.77 bits per heavy atom. The molecule has 0 atom stereocenters. The van der Waals surface area contributed by atoms with Crippen LogP contribution in [0, 0.1) is 0 Å². The summed E-state index contributed by atoms with van der Waals surface area (Å²) in [6.07, 6.45) is 5.63. The second-order valence-electron chi connectivity index (χ2n) is 8.59. The smallest absolute Gasteiger partial charge is 0.410 e. The molecule has 0 N–H and O–H groups in total. The fourth-order valence-electron chi connectivity index (χ4n) is 3.09. The largest absolute Gasteiger partial charge is 0.444 e. The van der Waals surface area contributed by atoms with E-state index in [-0.39, 0.29) is 6.09 Å². The minimum absolute atomic E-state index is 0.310. The van der Waals surface area contributed by atoms with Crippen molar-refractivity contribution in [3.63, 3.8) is 0 Å². The zero-order valence-corrected chi connectivity index (χ0v) is 18.6. The van der Waals surface area contributed by atoms with E-state index in [1.807, 2.05) is 20.8 Å². The lowest BCUT2D eigenvalue weighted by molar-refractivity contribution is 0.0265. The summed E-state index contributed by atoms with van der Waals surface area (Å²) < 4.78 is 24.6. The molecule has 1 amide bonds. The maximum absolute atomic E-state index is 14.2. The van der Waals surface area contributed by atoms with Crippen LogP contribution in [0.15, 0.2) is 4.40 Å². The van der Waals surface area contributed by atoms with Crippen LogP contribution in [0.5, 0.6) is 0 Å². The molecule has 1 heterocycles. The minimum atomic E-state index is -3.04. The molecule has 0 radical (unpaired) electrons. The number of unbranched alkanes of at least 4 members (excludes halogenated alkanes) is 3. The first-order valence-corrected chi connectivity index (χ1v) is 12.7. The molecule has 1 aliphatic heterocycles. The van der Waals surface area contributed by atoms with Crippen LogP contribution in [0.3, 0.4) is 0 Å². The van der Waals surface area contributed by atoms with Crippen LogP contribution in [0.4, 0.5) is 4.79 Å². The van der Waals surface area contributed by atoms with Gasteiger partial charge in [-0.05, 0) is 49.3 Å².